The van der Waals surface area contributed by atoms with Crippen molar-refractivity contribution in [3.8, 4) is 5.75 Å². The van der Waals surface area contributed by atoms with Crippen LogP contribution < -0.4 is 5.73 Å². The summed E-state index contributed by atoms with van der Waals surface area (Å²) >= 11 is 2.90. The Kier molecular flexibility index (Phi) is 4.64. The van der Waals surface area contributed by atoms with Crippen molar-refractivity contribution in [1.29, 1.82) is 0 Å². The molecule has 1 aromatic heterocycles. The van der Waals surface area contributed by atoms with E-state index >= 15 is 0 Å². The first-order valence-corrected chi connectivity index (χ1v) is 7.41. The lowest BCUT2D eigenvalue weighted by Crippen LogP contribution is -2.10. The van der Waals surface area contributed by atoms with Crippen LogP contribution in [0.25, 0.3) is 0 Å². The summed E-state index contributed by atoms with van der Waals surface area (Å²) in [5.74, 6) is -0.00258. The largest absolute Gasteiger partial charge is 0.507 e. The quantitative estimate of drug-likeness (QED) is 0.651. The molecule has 1 heterocycles. The molecule has 2 rings (SSSR count). The van der Waals surface area contributed by atoms with Gasteiger partial charge in [0, 0.05) is 0 Å². The lowest BCUT2D eigenvalue weighted by atomic mass is 10.2. The average molecular weight is 309 g/mol. The van der Waals surface area contributed by atoms with Crippen molar-refractivity contribution in [2.45, 2.75) is 11.3 Å². The normalized spacial score (nSPS) is 11.1. The summed E-state index contributed by atoms with van der Waals surface area (Å²) in [6.07, 6.45) is 0. The molecule has 0 aliphatic heterocycles. The van der Waals surface area contributed by atoms with Crippen molar-refractivity contribution < 1.29 is 9.90 Å². The van der Waals surface area contributed by atoms with E-state index < -0.39 is 5.91 Å². The van der Waals surface area contributed by atoms with E-state index in [-0.39, 0.29) is 11.3 Å². The zero-order valence-corrected chi connectivity index (χ0v) is 12.1. The summed E-state index contributed by atoms with van der Waals surface area (Å²) in [4.78, 5) is 11.1. The van der Waals surface area contributed by atoms with E-state index in [9.17, 15) is 9.90 Å². The lowest BCUT2D eigenvalue weighted by Gasteiger charge is -1.99. The molecule has 3 N–H and O–H groups in total. The van der Waals surface area contributed by atoms with Gasteiger partial charge in [0.05, 0.1) is 11.3 Å². The number of aromatic hydroxyl groups is 1. The number of amides is 1. The van der Waals surface area contributed by atoms with Crippen LogP contribution >= 0.6 is 23.1 Å². The summed E-state index contributed by atoms with van der Waals surface area (Å²) in [5.41, 5.74) is 5.53. The Morgan fingerprint density at radius 2 is 2.25 bits per heavy atom. The highest BCUT2D eigenvalue weighted by Gasteiger charge is 2.08. The predicted octanol–water partition coefficient (Wildman–Crippen LogP) is 2.87. The van der Waals surface area contributed by atoms with Crippen LogP contribution in [0, 0.1) is 0 Å². The fourth-order valence-electron chi connectivity index (χ4n) is 1.31. The maximum Gasteiger partial charge on any atom is 0.252 e. The predicted molar refractivity (Wildman–Crippen MR) is 77.1 cm³/mol. The fraction of sp³-hybridized carbons (Fsp3) is 0.182. The van der Waals surface area contributed by atoms with Crippen molar-refractivity contribution >= 4 is 39.8 Å². The summed E-state index contributed by atoms with van der Waals surface area (Å²) in [6.45, 7) is 2.02. The second-order valence-electron chi connectivity index (χ2n) is 3.55. The van der Waals surface area contributed by atoms with Gasteiger partial charge in [-0.05, 0) is 24.0 Å². The molecule has 0 spiro atoms. The number of aromatic nitrogens is 2. The molecule has 0 aliphatic carbocycles. The molecule has 104 valence electrons. The molecule has 0 fully saturated rings. The van der Waals surface area contributed by atoms with Crippen LogP contribution in [0.1, 0.15) is 17.3 Å². The summed E-state index contributed by atoms with van der Waals surface area (Å²) in [7, 11) is 0. The van der Waals surface area contributed by atoms with Gasteiger partial charge < -0.3 is 10.8 Å². The second-order valence-corrected chi connectivity index (χ2v) is 6.02. The number of azo groups is 1. The van der Waals surface area contributed by atoms with Gasteiger partial charge in [-0.1, -0.05) is 30.0 Å². The monoisotopic (exact) mass is 309 g/mol. The fourth-order valence-corrected chi connectivity index (χ4v) is 2.87. The van der Waals surface area contributed by atoms with Crippen LogP contribution in [-0.4, -0.2) is 27.0 Å². The molecule has 0 saturated heterocycles. The van der Waals surface area contributed by atoms with Crippen LogP contribution in [0.2, 0.25) is 0 Å². The number of rotatable bonds is 5. The van der Waals surface area contributed by atoms with Crippen LogP contribution in [0.4, 0.5) is 10.8 Å². The summed E-state index contributed by atoms with van der Waals surface area (Å²) in [6, 6.07) is 4.23. The standard InChI is InChI=1S/C11H11N5O2S2/c1-2-19-11-16-15-10(20-11)14-13-6-3-4-8(17)7(5-6)9(12)18/h3-5,17H,2H2,1H3,(H2,12,18). The van der Waals surface area contributed by atoms with E-state index in [2.05, 4.69) is 20.4 Å². The number of phenols is 1. The van der Waals surface area contributed by atoms with Gasteiger partial charge in [-0.15, -0.1) is 20.4 Å². The molecule has 1 amide bonds. The maximum atomic E-state index is 11.1. The molecule has 0 saturated carbocycles. The third-order valence-electron chi connectivity index (χ3n) is 2.16. The SMILES string of the molecule is CCSc1nnc(N=Nc2ccc(O)c(C(N)=O)c2)s1. The van der Waals surface area contributed by atoms with E-state index in [4.69, 9.17) is 5.73 Å². The molecule has 9 heteroatoms. The first-order valence-electron chi connectivity index (χ1n) is 5.61. The highest BCUT2D eigenvalue weighted by atomic mass is 32.2. The number of primary amides is 1. The first-order chi connectivity index (χ1) is 9.60. The number of carbonyl (C=O) groups excluding carboxylic acids is 1. The van der Waals surface area contributed by atoms with Crippen LogP contribution in [0.3, 0.4) is 0 Å². The zero-order chi connectivity index (χ0) is 14.5. The van der Waals surface area contributed by atoms with E-state index in [0.29, 0.717) is 10.8 Å². The van der Waals surface area contributed by atoms with Crippen molar-refractivity contribution in [3.63, 3.8) is 0 Å². The van der Waals surface area contributed by atoms with Crippen LogP contribution in [0.5, 0.6) is 5.75 Å². The van der Waals surface area contributed by atoms with Crippen molar-refractivity contribution in [3.05, 3.63) is 23.8 Å². The Morgan fingerprint density at radius 1 is 1.45 bits per heavy atom. The smallest absolute Gasteiger partial charge is 0.252 e. The molecule has 0 atom stereocenters. The Morgan fingerprint density at radius 3 is 2.95 bits per heavy atom. The molecule has 7 nitrogen and oxygen atoms in total. The number of nitrogens with two attached hydrogens (primary N) is 1. The highest BCUT2D eigenvalue weighted by Crippen LogP contribution is 2.29. The van der Waals surface area contributed by atoms with E-state index in [0.717, 1.165) is 10.1 Å². The third kappa shape index (κ3) is 3.52. The number of nitrogens with zero attached hydrogens (tertiary/aromatic N) is 4. The lowest BCUT2D eigenvalue weighted by molar-refractivity contribution is 0.0998. The molecule has 1 aromatic carbocycles. The van der Waals surface area contributed by atoms with Gasteiger partial charge in [0.1, 0.15) is 5.75 Å². The van der Waals surface area contributed by atoms with E-state index in [1.807, 2.05) is 6.92 Å². The minimum Gasteiger partial charge on any atom is -0.507 e. The van der Waals surface area contributed by atoms with E-state index in [1.54, 1.807) is 11.8 Å². The molecule has 2 aromatic rings. The van der Waals surface area contributed by atoms with Gasteiger partial charge in [0.25, 0.3) is 11.0 Å². The van der Waals surface area contributed by atoms with Gasteiger partial charge in [0.15, 0.2) is 4.34 Å². The van der Waals surface area contributed by atoms with Gasteiger partial charge in [-0.25, -0.2) is 0 Å². The molecule has 0 unspecified atom stereocenters. The Hall–Kier alpha value is -2.00. The van der Waals surface area contributed by atoms with Crippen molar-refractivity contribution in [1.82, 2.24) is 10.2 Å². The Labute approximate surface area is 122 Å². The van der Waals surface area contributed by atoms with Gasteiger partial charge in [-0.2, -0.15) is 0 Å². The van der Waals surface area contributed by atoms with Crippen LogP contribution in [0.15, 0.2) is 32.8 Å². The Balaban J connectivity index is 2.18. The van der Waals surface area contributed by atoms with E-state index in [1.165, 1.54) is 29.5 Å². The number of hydrogen-bond donors (Lipinski definition) is 2. The van der Waals surface area contributed by atoms with Gasteiger partial charge in [-0.3, -0.25) is 4.79 Å². The molecule has 0 aliphatic rings. The molecule has 0 bridgehead atoms. The molecule has 0 radical (unpaired) electrons. The first kappa shape index (κ1) is 14.4. The number of hydrogen-bond acceptors (Lipinski definition) is 8. The third-order valence-corrected chi connectivity index (χ3v) is 3.98. The van der Waals surface area contributed by atoms with Gasteiger partial charge in [0.2, 0.25) is 0 Å². The number of benzene rings is 1. The molecular weight excluding hydrogens is 298 g/mol. The summed E-state index contributed by atoms with van der Waals surface area (Å²) in [5, 5.41) is 25.6. The highest BCUT2D eigenvalue weighted by molar-refractivity contribution is 8.01. The zero-order valence-electron chi connectivity index (χ0n) is 10.5. The summed E-state index contributed by atoms with van der Waals surface area (Å²) < 4.78 is 0.824. The minimum atomic E-state index is -0.725. The number of thioether (sulfide) groups is 1. The average Bonchev–Trinajstić information content (AvgIpc) is 2.86. The Bertz CT molecular complexity index is 656. The van der Waals surface area contributed by atoms with Gasteiger partial charge >= 0.3 is 0 Å². The number of carbonyl (C=O) groups is 1. The van der Waals surface area contributed by atoms with Crippen LogP contribution in [-0.2, 0) is 0 Å². The van der Waals surface area contributed by atoms with Crippen molar-refractivity contribution in [2.24, 2.45) is 16.0 Å². The second kappa shape index (κ2) is 6.44. The minimum absolute atomic E-state index is 0.000872. The molecular formula is C11H11N5O2S2. The van der Waals surface area contributed by atoms with Crippen molar-refractivity contribution in [2.75, 3.05) is 5.75 Å². The molecule has 20 heavy (non-hydrogen) atoms. The maximum absolute atomic E-state index is 11.1. The topological polar surface area (TPSA) is 114 Å².